The second-order valence-electron chi connectivity index (χ2n) is 5.59. The number of carbonyl (C=O) groups is 2. The highest BCUT2D eigenvalue weighted by molar-refractivity contribution is 7.89. The summed E-state index contributed by atoms with van der Waals surface area (Å²) in [6.45, 7) is 2.06. The lowest BCUT2D eigenvalue weighted by Gasteiger charge is -2.25. The molecule has 1 aromatic rings. The van der Waals surface area contributed by atoms with Crippen molar-refractivity contribution in [2.24, 2.45) is 0 Å². The fourth-order valence-electron chi connectivity index (χ4n) is 2.37. The topological polar surface area (TPSA) is 102 Å². The Balaban J connectivity index is 1.81. The van der Waals surface area contributed by atoms with Crippen LogP contribution in [0, 0.1) is 6.92 Å². The van der Waals surface area contributed by atoms with Crippen molar-refractivity contribution in [3.05, 3.63) is 29.3 Å². The van der Waals surface area contributed by atoms with E-state index < -0.39 is 22.0 Å². The second-order valence-corrected chi connectivity index (χ2v) is 7.34. The lowest BCUT2D eigenvalue weighted by atomic mass is 10.00. The van der Waals surface area contributed by atoms with E-state index in [0.29, 0.717) is 12.2 Å². The largest absolute Gasteiger partial charge is 0.480 e. The van der Waals surface area contributed by atoms with Gasteiger partial charge in [0.25, 0.3) is 5.91 Å². The molecule has 1 aliphatic heterocycles. The maximum atomic E-state index is 12.1. The Hall–Kier alpha value is -2.09. The van der Waals surface area contributed by atoms with Crippen LogP contribution in [0.3, 0.4) is 0 Å². The van der Waals surface area contributed by atoms with E-state index in [1.165, 1.54) is 0 Å². The number of nitrogens with one attached hydrogen (secondary N) is 2. The molecular weight excluding hydrogens is 320 g/mol. The van der Waals surface area contributed by atoms with Gasteiger partial charge >= 0.3 is 0 Å². The minimum Gasteiger partial charge on any atom is -0.480 e. The molecule has 2 rings (SSSR count). The predicted octanol–water partition coefficient (Wildman–Crippen LogP) is 0.271. The van der Waals surface area contributed by atoms with Crippen LogP contribution in [0.2, 0.25) is 0 Å². The lowest BCUT2D eigenvalue weighted by Crippen LogP contribution is -2.42. The molecule has 0 spiro atoms. The first kappa shape index (κ1) is 17.3. The summed E-state index contributed by atoms with van der Waals surface area (Å²) >= 11 is 0. The standard InChI is InChI=1S/C15H20N2O5S/c1-10-3-5-12-11(9-10)4-6-13(22-12)15(19)16-8-7-14(18)17-23(2,20)21/h3,5,9,13H,4,6-8H2,1-2H3,(H,16,19)(H,17,18)/t13-/m1/s1. The predicted molar refractivity (Wildman–Crippen MR) is 84.5 cm³/mol. The number of carbonyl (C=O) groups excluding carboxylic acids is 2. The van der Waals surface area contributed by atoms with Gasteiger partial charge in [0, 0.05) is 13.0 Å². The highest BCUT2D eigenvalue weighted by Gasteiger charge is 2.25. The summed E-state index contributed by atoms with van der Waals surface area (Å²) in [5.41, 5.74) is 2.23. The van der Waals surface area contributed by atoms with Gasteiger partial charge in [-0.2, -0.15) is 0 Å². The van der Waals surface area contributed by atoms with Gasteiger partial charge in [-0.3, -0.25) is 14.3 Å². The lowest BCUT2D eigenvalue weighted by molar-refractivity contribution is -0.128. The average molecular weight is 340 g/mol. The maximum absolute atomic E-state index is 12.1. The zero-order valence-electron chi connectivity index (χ0n) is 13.1. The summed E-state index contributed by atoms with van der Waals surface area (Å²) in [6, 6.07) is 5.82. The SMILES string of the molecule is Cc1ccc2c(c1)CC[C@H](C(=O)NCCC(=O)NS(C)(=O)=O)O2. The quantitative estimate of drug-likeness (QED) is 0.801. The van der Waals surface area contributed by atoms with E-state index in [9.17, 15) is 18.0 Å². The summed E-state index contributed by atoms with van der Waals surface area (Å²) in [5, 5.41) is 2.59. The van der Waals surface area contributed by atoms with Gasteiger partial charge in [0.15, 0.2) is 6.10 Å². The number of aryl methyl sites for hydroxylation is 2. The molecule has 0 saturated carbocycles. The molecule has 0 bridgehead atoms. The van der Waals surface area contributed by atoms with Gasteiger partial charge in [-0.15, -0.1) is 0 Å². The van der Waals surface area contributed by atoms with Crippen LogP contribution in [0.15, 0.2) is 18.2 Å². The molecular formula is C15H20N2O5S. The van der Waals surface area contributed by atoms with Crippen molar-refractivity contribution in [1.29, 1.82) is 0 Å². The highest BCUT2D eigenvalue weighted by atomic mass is 32.2. The molecule has 2 N–H and O–H groups in total. The van der Waals surface area contributed by atoms with Crippen molar-refractivity contribution in [2.75, 3.05) is 12.8 Å². The van der Waals surface area contributed by atoms with E-state index in [-0.39, 0.29) is 18.9 Å². The molecule has 1 heterocycles. The normalized spacial score (nSPS) is 16.9. The molecule has 1 aromatic carbocycles. The molecule has 0 aliphatic carbocycles. The van der Waals surface area contributed by atoms with Crippen LogP contribution in [-0.4, -0.2) is 39.1 Å². The van der Waals surface area contributed by atoms with Crippen LogP contribution >= 0.6 is 0 Å². The Morgan fingerprint density at radius 3 is 2.78 bits per heavy atom. The molecule has 0 aromatic heterocycles. The molecule has 1 aliphatic rings. The first-order chi connectivity index (χ1) is 10.7. The molecule has 0 fully saturated rings. The molecule has 7 nitrogen and oxygen atoms in total. The number of hydrogen-bond donors (Lipinski definition) is 2. The summed E-state index contributed by atoms with van der Waals surface area (Å²) in [4.78, 5) is 23.4. The van der Waals surface area contributed by atoms with Gasteiger partial charge in [0.1, 0.15) is 5.75 Å². The minimum atomic E-state index is -3.57. The van der Waals surface area contributed by atoms with Crippen molar-refractivity contribution < 1.29 is 22.7 Å². The smallest absolute Gasteiger partial charge is 0.261 e. The van der Waals surface area contributed by atoms with Crippen LogP contribution in [0.1, 0.15) is 24.0 Å². The Bertz CT molecular complexity index is 715. The van der Waals surface area contributed by atoms with E-state index in [0.717, 1.165) is 23.8 Å². The third-order valence-corrected chi connectivity index (χ3v) is 4.00. The van der Waals surface area contributed by atoms with Crippen molar-refractivity contribution >= 4 is 21.8 Å². The third kappa shape index (κ3) is 5.24. The average Bonchev–Trinajstić information content (AvgIpc) is 2.44. The number of amides is 2. The van der Waals surface area contributed by atoms with Crippen LogP contribution in [0.4, 0.5) is 0 Å². The maximum Gasteiger partial charge on any atom is 0.261 e. The number of fused-ring (bicyclic) bond motifs is 1. The van der Waals surface area contributed by atoms with Crippen LogP contribution < -0.4 is 14.8 Å². The third-order valence-electron chi connectivity index (χ3n) is 3.40. The van der Waals surface area contributed by atoms with Crippen molar-refractivity contribution in [1.82, 2.24) is 10.0 Å². The van der Waals surface area contributed by atoms with E-state index in [1.54, 1.807) is 0 Å². The van der Waals surface area contributed by atoms with Crippen LogP contribution in [0.5, 0.6) is 5.75 Å². The van der Waals surface area contributed by atoms with Crippen molar-refractivity contribution in [3.63, 3.8) is 0 Å². The fraction of sp³-hybridized carbons (Fsp3) is 0.467. The fourth-order valence-corrected chi connectivity index (χ4v) is 2.89. The summed E-state index contributed by atoms with van der Waals surface area (Å²) < 4.78 is 29.3. The number of ether oxygens (including phenoxy) is 1. The van der Waals surface area contributed by atoms with E-state index in [2.05, 4.69) is 5.32 Å². The van der Waals surface area contributed by atoms with Gasteiger partial charge in [-0.05, 0) is 31.4 Å². The summed E-state index contributed by atoms with van der Waals surface area (Å²) in [6.07, 6.45) is 1.52. The second kappa shape index (κ2) is 6.99. The van der Waals surface area contributed by atoms with Gasteiger partial charge < -0.3 is 10.1 Å². The molecule has 23 heavy (non-hydrogen) atoms. The first-order valence-electron chi connectivity index (χ1n) is 7.29. The van der Waals surface area contributed by atoms with Gasteiger partial charge in [0.2, 0.25) is 15.9 Å². The van der Waals surface area contributed by atoms with E-state index in [1.807, 2.05) is 29.8 Å². The molecule has 2 amide bonds. The molecule has 1 atom stereocenters. The molecule has 0 radical (unpaired) electrons. The number of sulfonamides is 1. The Labute approximate surface area is 135 Å². The van der Waals surface area contributed by atoms with Crippen LogP contribution in [-0.2, 0) is 26.0 Å². The monoisotopic (exact) mass is 340 g/mol. The van der Waals surface area contributed by atoms with Gasteiger partial charge in [-0.25, -0.2) is 8.42 Å². The number of hydrogen-bond acceptors (Lipinski definition) is 5. The highest BCUT2D eigenvalue weighted by Crippen LogP contribution is 2.28. The zero-order valence-corrected chi connectivity index (χ0v) is 13.9. The first-order valence-corrected chi connectivity index (χ1v) is 9.18. The van der Waals surface area contributed by atoms with E-state index >= 15 is 0 Å². The Morgan fingerprint density at radius 1 is 1.35 bits per heavy atom. The van der Waals surface area contributed by atoms with Gasteiger partial charge in [0.05, 0.1) is 6.26 Å². The number of benzene rings is 1. The van der Waals surface area contributed by atoms with Crippen molar-refractivity contribution in [3.8, 4) is 5.75 Å². The van der Waals surface area contributed by atoms with E-state index in [4.69, 9.17) is 4.74 Å². The summed E-state index contributed by atoms with van der Waals surface area (Å²) in [5.74, 6) is -0.251. The Morgan fingerprint density at radius 2 is 2.09 bits per heavy atom. The minimum absolute atomic E-state index is 0.0564. The molecule has 126 valence electrons. The molecule has 8 heteroatoms. The van der Waals surface area contributed by atoms with Crippen molar-refractivity contribution in [2.45, 2.75) is 32.3 Å². The van der Waals surface area contributed by atoms with Crippen LogP contribution in [0.25, 0.3) is 0 Å². The number of rotatable bonds is 5. The molecule has 0 saturated heterocycles. The Kier molecular flexibility index (Phi) is 5.25. The zero-order chi connectivity index (χ0) is 17.0. The van der Waals surface area contributed by atoms with Gasteiger partial charge in [-0.1, -0.05) is 17.7 Å². The molecule has 0 unspecified atom stereocenters. The summed E-state index contributed by atoms with van der Waals surface area (Å²) in [7, 11) is -3.57.